The number of sulfonamides is 2. The first kappa shape index (κ1) is 40.2. The second-order valence-corrected chi connectivity index (χ2v) is 14.3. The van der Waals surface area contributed by atoms with Crippen LogP contribution in [0.1, 0.15) is 11.4 Å². The maximum absolute atomic E-state index is 11.9. The number of rotatable bonds is 6. The first-order valence-electron chi connectivity index (χ1n) is 15.1. The summed E-state index contributed by atoms with van der Waals surface area (Å²) in [6.07, 6.45) is 0. The number of nitrogens with zero attached hydrogens (tertiary/aromatic N) is 8. The zero-order valence-electron chi connectivity index (χ0n) is 28.3. The van der Waals surface area contributed by atoms with Gasteiger partial charge in [0.1, 0.15) is 0 Å². The zero-order valence-corrected chi connectivity index (χ0v) is 33.2. The van der Waals surface area contributed by atoms with Crippen LogP contribution in [0, 0.1) is 13.8 Å². The Morgan fingerprint density at radius 1 is 0.611 bits per heavy atom. The van der Waals surface area contributed by atoms with Crippen molar-refractivity contribution in [1.82, 2.24) is 29.2 Å². The number of H-pyrrole nitrogens is 2. The predicted molar refractivity (Wildman–Crippen MR) is 187 cm³/mol. The van der Waals surface area contributed by atoms with E-state index in [4.69, 9.17) is 10.3 Å². The van der Waals surface area contributed by atoms with Gasteiger partial charge in [0.2, 0.25) is 0 Å². The molecule has 54 heavy (non-hydrogen) atoms. The van der Waals surface area contributed by atoms with Crippen LogP contribution in [0.2, 0.25) is 0 Å². The van der Waals surface area contributed by atoms with Gasteiger partial charge >= 0.3 is 46.9 Å². The number of benzene rings is 4. The second-order valence-electron chi connectivity index (χ2n) is 11.4. The number of hydrogen-bond acceptors (Lipinski definition) is 12. The molecule has 4 N–H and O–H groups in total. The summed E-state index contributed by atoms with van der Waals surface area (Å²) in [7, 11) is -8.38. The van der Waals surface area contributed by atoms with Crippen LogP contribution < -0.4 is 39.8 Å². The van der Waals surface area contributed by atoms with Crippen molar-refractivity contribution in [3.63, 3.8) is 0 Å². The second kappa shape index (κ2) is 15.4. The number of fused-ring (bicyclic) bond motifs is 6. The molecule has 18 nitrogen and oxygen atoms in total. The molecule has 0 aliphatic rings. The summed E-state index contributed by atoms with van der Waals surface area (Å²) in [6, 6.07) is 21.4. The van der Waals surface area contributed by atoms with E-state index in [2.05, 4.69) is 40.6 Å². The van der Waals surface area contributed by atoms with Crippen LogP contribution >= 0.6 is 0 Å². The van der Waals surface area contributed by atoms with Gasteiger partial charge in [-0.25, -0.2) is 35.8 Å². The van der Waals surface area contributed by atoms with E-state index in [0.717, 1.165) is 58.5 Å². The standard InChI is InChI=1S/2C16H13N6O3S.Cr.Na/c2*1-9-15(16-18-11-4-2-3-5-13(11)22(16)21-9)20-19-12-8-10(26(17,24)25)6-7-14(12)23;;/h2*2-8H,1H3,(H3-,17,18,19,20,21,23,24,25);;/q2*-1;+3;+1/p-2. The number of hydrogen-bond donors (Lipinski definition) is 2. The molecule has 0 fully saturated rings. The van der Waals surface area contributed by atoms with E-state index in [1.807, 2.05) is 48.5 Å². The molecule has 4 aromatic carbocycles. The molecule has 0 bridgehead atoms. The first-order valence-corrected chi connectivity index (χ1v) is 18.0. The monoisotopic (exact) mass is 811 g/mol. The van der Waals surface area contributed by atoms with Crippen molar-refractivity contribution in [3.05, 3.63) is 107 Å². The van der Waals surface area contributed by atoms with Crippen LogP contribution in [0.4, 0.5) is 22.7 Å². The maximum Gasteiger partial charge on any atom is 3.00 e. The van der Waals surface area contributed by atoms with Gasteiger partial charge in [0, 0.05) is 0 Å². The summed E-state index contributed by atoms with van der Waals surface area (Å²) in [5.41, 5.74) is 6.35. The molecule has 0 unspecified atom stereocenters. The van der Waals surface area contributed by atoms with Gasteiger partial charge in [0.15, 0.2) is 22.7 Å². The van der Waals surface area contributed by atoms with Gasteiger partial charge < -0.3 is 20.5 Å². The van der Waals surface area contributed by atoms with Gasteiger partial charge in [0.05, 0.1) is 74.7 Å². The SMILES string of the molecule is Cc1[nH]n2c(nc3ccccc32)c1N=Nc1cc(S([NH-])(=O)=O)ccc1[O-].Cc1[nH]n2c(nc3ccccc32)c1N=Nc1cc(S([NH-])(=O)=O)ccc1[O-].[Cr+3].[Na+]. The van der Waals surface area contributed by atoms with E-state index >= 15 is 0 Å². The largest absolute Gasteiger partial charge is 3.00 e. The van der Waals surface area contributed by atoms with Crippen LogP contribution in [-0.4, -0.2) is 46.0 Å². The van der Waals surface area contributed by atoms with Crippen molar-refractivity contribution < 1.29 is 74.0 Å². The van der Waals surface area contributed by atoms with Crippen molar-refractivity contribution >= 4 is 76.2 Å². The third-order valence-corrected chi connectivity index (χ3v) is 9.56. The van der Waals surface area contributed by atoms with E-state index in [-0.39, 0.29) is 68.1 Å². The van der Waals surface area contributed by atoms with E-state index in [1.165, 1.54) is 0 Å². The molecular weight excluding hydrogens is 788 g/mol. The van der Waals surface area contributed by atoms with Gasteiger partial charge in [-0.2, -0.15) is 10.2 Å². The van der Waals surface area contributed by atoms with Crippen LogP contribution in [0.5, 0.6) is 11.5 Å². The topological polar surface area (TPSA) is 278 Å². The molecule has 267 valence electrons. The number of azo groups is 2. The summed E-state index contributed by atoms with van der Waals surface area (Å²) >= 11 is 0. The summed E-state index contributed by atoms with van der Waals surface area (Å²) < 4.78 is 48.9. The van der Waals surface area contributed by atoms with Crippen LogP contribution in [0.25, 0.3) is 43.6 Å². The minimum Gasteiger partial charge on any atom is -0.871 e. The Balaban J connectivity index is 0.000000200. The predicted octanol–water partition coefficient (Wildman–Crippen LogP) is 3.71. The minimum absolute atomic E-state index is 0. The van der Waals surface area contributed by atoms with Crippen LogP contribution in [-0.2, 0) is 37.4 Å². The molecule has 1 radical (unpaired) electrons. The van der Waals surface area contributed by atoms with Gasteiger partial charge in [0.25, 0.3) is 0 Å². The van der Waals surface area contributed by atoms with E-state index in [9.17, 15) is 27.0 Å². The Labute approximate surface area is 339 Å². The molecule has 0 atom stereocenters. The fourth-order valence-corrected chi connectivity index (χ4v) is 6.33. The Hall–Kier alpha value is -4.95. The van der Waals surface area contributed by atoms with Crippen LogP contribution in [0.3, 0.4) is 0 Å². The van der Waals surface area contributed by atoms with Gasteiger partial charge in [-0.1, -0.05) is 47.9 Å². The number of aromatic amines is 2. The number of aromatic nitrogens is 6. The molecule has 4 aromatic heterocycles. The molecule has 0 saturated carbocycles. The zero-order chi connectivity index (χ0) is 36.9. The maximum atomic E-state index is 11.9. The summed E-state index contributed by atoms with van der Waals surface area (Å²) in [5.74, 6) is -0.974. The van der Waals surface area contributed by atoms with Crippen molar-refractivity contribution in [2.45, 2.75) is 23.6 Å². The molecular formula is C32H24CrN12NaO6S2. The molecule has 0 aliphatic carbocycles. The molecule has 0 saturated heterocycles. The van der Waals surface area contributed by atoms with Crippen molar-refractivity contribution in [2.75, 3.05) is 0 Å². The fourth-order valence-electron chi connectivity index (χ4n) is 5.30. The number of aryl methyl sites for hydroxylation is 2. The number of imidazole rings is 2. The van der Waals surface area contributed by atoms with Crippen molar-refractivity contribution in [1.29, 1.82) is 0 Å². The smallest absolute Gasteiger partial charge is 0.871 e. The third-order valence-electron chi connectivity index (χ3n) is 7.81. The fraction of sp³-hybridized carbons (Fsp3) is 0.0625. The van der Waals surface area contributed by atoms with Gasteiger partial charge in [-0.3, -0.25) is 10.2 Å². The summed E-state index contributed by atoms with van der Waals surface area (Å²) in [4.78, 5) is 8.38. The molecule has 4 heterocycles. The Morgan fingerprint density at radius 3 is 1.35 bits per heavy atom. The van der Waals surface area contributed by atoms with E-state index < -0.39 is 31.5 Å². The number of nitrogens with one attached hydrogen (secondary N) is 4. The van der Waals surface area contributed by atoms with E-state index in [1.54, 1.807) is 22.9 Å². The third kappa shape index (κ3) is 7.81. The average molecular weight is 812 g/mol. The average Bonchev–Trinajstić information content (AvgIpc) is 3.81. The molecule has 0 spiro atoms. The number of para-hydroxylation sites is 4. The van der Waals surface area contributed by atoms with Crippen molar-refractivity contribution in [3.8, 4) is 11.5 Å². The minimum atomic E-state index is -4.19. The summed E-state index contributed by atoms with van der Waals surface area (Å²) in [6.45, 7) is 3.58. The van der Waals surface area contributed by atoms with Crippen LogP contribution in [0.15, 0.2) is 115 Å². The Kier molecular flexibility index (Phi) is 11.5. The molecule has 8 aromatic rings. The molecule has 0 aliphatic heterocycles. The van der Waals surface area contributed by atoms with Gasteiger partial charge in [-0.05, 0) is 62.4 Å². The first-order chi connectivity index (χ1) is 24.7. The van der Waals surface area contributed by atoms with E-state index in [0.29, 0.717) is 34.1 Å². The normalized spacial score (nSPS) is 12.1. The molecule has 8 rings (SSSR count). The van der Waals surface area contributed by atoms with Gasteiger partial charge in [-0.15, -0.1) is 10.2 Å². The summed E-state index contributed by atoms with van der Waals surface area (Å²) in [5, 5.41) is 60.3. The Bertz CT molecular complexity index is 2790. The Morgan fingerprint density at radius 2 is 0.981 bits per heavy atom. The van der Waals surface area contributed by atoms with Crippen molar-refractivity contribution in [2.24, 2.45) is 20.5 Å². The quantitative estimate of drug-likeness (QED) is 0.184. The molecule has 22 heteroatoms. The molecule has 0 amide bonds.